The highest BCUT2D eigenvalue weighted by Crippen LogP contribution is 2.29. The number of aliphatic hydroxyl groups excluding tert-OH is 1. The van der Waals surface area contributed by atoms with Gasteiger partial charge in [-0.05, 0) is 25.0 Å². The summed E-state index contributed by atoms with van der Waals surface area (Å²) in [7, 11) is 0. The van der Waals surface area contributed by atoms with Gasteiger partial charge in [0.05, 0.1) is 6.61 Å². The van der Waals surface area contributed by atoms with Gasteiger partial charge in [-0.3, -0.25) is 0 Å². The maximum absolute atomic E-state index is 9.30. The van der Waals surface area contributed by atoms with Gasteiger partial charge < -0.3 is 10.0 Å². The topological polar surface area (TPSA) is 23.5 Å². The quantitative estimate of drug-likeness (QED) is 0.878. The van der Waals surface area contributed by atoms with Crippen molar-refractivity contribution < 1.29 is 5.11 Å². The monoisotopic (exact) mass is 255 g/mol. The second-order valence-electron chi connectivity index (χ2n) is 3.59. The number of rotatable bonds is 2. The van der Waals surface area contributed by atoms with E-state index < -0.39 is 0 Å². The molecular weight excluding hydrogens is 242 g/mol. The Labute approximate surface area is 92.7 Å². The van der Waals surface area contributed by atoms with Crippen LogP contribution in [0.25, 0.3) is 0 Å². The van der Waals surface area contributed by atoms with Crippen LogP contribution in [-0.4, -0.2) is 18.2 Å². The zero-order valence-electron chi connectivity index (χ0n) is 8.04. The molecule has 3 heteroatoms. The Morgan fingerprint density at radius 2 is 2.00 bits per heavy atom. The Morgan fingerprint density at radius 3 is 2.64 bits per heavy atom. The molecule has 76 valence electrons. The summed E-state index contributed by atoms with van der Waals surface area (Å²) in [5.74, 6) is 0. The van der Waals surface area contributed by atoms with Gasteiger partial charge in [-0.15, -0.1) is 0 Å². The first-order valence-corrected chi connectivity index (χ1v) is 5.75. The van der Waals surface area contributed by atoms with Crippen molar-refractivity contribution >= 4 is 21.6 Å². The van der Waals surface area contributed by atoms with Crippen LogP contribution in [0, 0.1) is 0 Å². The molecule has 1 fully saturated rings. The van der Waals surface area contributed by atoms with Crippen LogP contribution in [0.5, 0.6) is 0 Å². The van der Waals surface area contributed by atoms with Crippen LogP contribution in [0.1, 0.15) is 18.4 Å². The molecule has 0 bridgehead atoms. The fourth-order valence-electron chi connectivity index (χ4n) is 1.96. The largest absolute Gasteiger partial charge is 0.392 e. The number of aliphatic hydroxyl groups is 1. The number of hydrogen-bond acceptors (Lipinski definition) is 2. The summed E-state index contributed by atoms with van der Waals surface area (Å²) < 4.78 is 1.00. The molecular formula is C11H14BrNO. The van der Waals surface area contributed by atoms with Gasteiger partial charge in [-0.25, -0.2) is 0 Å². The first-order chi connectivity index (χ1) is 6.83. The summed E-state index contributed by atoms with van der Waals surface area (Å²) in [6, 6.07) is 6.09. The highest BCUT2D eigenvalue weighted by Gasteiger charge is 2.16. The summed E-state index contributed by atoms with van der Waals surface area (Å²) in [5, 5.41) is 9.30. The highest BCUT2D eigenvalue weighted by atomic mass is 79.9. The van der Waals surface area contributed by atoms with Crippen molar-refractivity contribution in [2.24, 2.45) is 0 Å². The second-order valence-corrected chi connectivity index (χ2v) is 4.44. The van der Waals surface area contributed by atoms with Crippen molar-refractivity contribution in [2.45, 2.75) is 19.4 Å². The minimum absolute atomic E-state index is 0.104. The lowest BCUT2D eigenvalue weighted by Crippen LogP contribution is -2.19. The molecule has 0 saturated carbocycles. The van der Waals surface area contributed by atoms with E-state index in [0.717, 1.165) is 23.1 Å². The first kappa shape index (κ1) is 9.99. The third kappa shape index (κ3) is 1.79. The lowest BCUT2D eigenvalue weighted by atomic mass is 10.1. The molecule has 0 atom stereocenters. The van der Waals surface area contributed by atoms with E-state index in [1.807, 2.05) is 12.1 Å². The molecule has 1 saturated heterocycles. The molecule has 2 rings (SSSR count). The van der Waals surface area contributed by atoms with Crippen molar-refractivity contribution in [3.05, 3.63) is 28.2 Å². The van der Waals surface area contributed by atoms with Gasteiger partial charge in [0, 0.05) is 28.8 Å². The summed E-state index contributed by atoms with van der Waals surface area (Å²) in [5.41, 5.74) is 2.19. The Morgan fingerprint density at radius 1 is 1.29 bits per heavy atom. The maximum atomic E-state index is 9.30. The normalized spacial score (nSPS) is 16.3. The van der Waals surface area contributed by atoms with Crippen molar-refractivity contribution in [3.8, 4) is 0 Å². The number of halogens is 1. The minimum Gasteiger partial charge on any atom is -0.392 e. The molecule has 1 aromatic carbocycles. The fourth-order valence-corrected chi connectivity index (χ4v) is 2.44. The lowest BCUT2D eigenvalue weighted by Gasteiger charge is -2.21. The predicted molar refractivity (Wildman–Crippen MR) is 61.5 cm³/mol. The van der Waals surface area contributed by atoms with Crippen LogP contribution in [0.3, 0.4) is 0 Å². The SMILES string of the molecule is OCc1c(Br)cccc1N1CCCC1. The average Bonchev–Trinajstić information content (AvgIpc) is 2.70. The molecule has 2 nitrogen and oxygen atoms in total. The summed E-state index contributed by atoms with van der Waals surface area (Å²) in [6.45, 7) is 2.33. The molecule has 1 heterocycles. The highest BCUT2D eigenvalue weighted by molar-refractivity contribution is 9.10. The molecule has 14 heavy (non-hydrogen) atoms. The minimum atomic E-state index is 0.104. The van der Waals surface area contributed by atoms with Crippen molar-refractivity contribution in [2.75, 3.05) is 18.0 Å². The van der Waals surface area contributed by atoms with E-state index in [-0.39, 0.29) is 6.61 Å². The molecule has 0 spiro atoms. The molecule has 1 N–H and O–H groups in total. The molecule has 1 aliphatic rings. The predicted octanol–water partition coefficient (Wildman–Crippen LogP) is 2.54. The van der Waals surface area contributed by atoms with Gasteiger partial charge >= 0.3 is 0 Å². The van der Waals surface area contributed by atoms with Crippen LogP contribution < -0.4 is 4.90 Å². The number of anilines is 1. The molecule has 1 aromatic rings. The van der Waals surface area contributed by atoms with Gasteiger partial charge in [0.1, 0.15) is 0 Å². The Kier molecular flexibility index (Phi) is 3.08. The molecule has 1 aliphatic heterocycles. The van der Waals surface area contributed by atoms with E-state index in [0.29, 0.717) is 0 Å². The average molecular weight is 256 g/mol. The lowest BCUT2D eigenvalue weighted by molar-refractivity contribution is 0.281. The van der Waals surface area contributed by atoms with Crippen molar-refractivity contribution in [1.82, 2.24) is 0 Å². The number of hydrogen-bond donors (Lipinski definition) is 1. The smallest absolute Gasteiger partial charge is 0.0713 e. The van der Waals surface area contributed by atoms with E-state index in [2.05, 4.69) is 26.9 Å². The van der Waals surface area contributed by atoms with Crippen LogP contribution in [-0.2, 0) is 6.61 Å². The van der Waals surface area contributed by atoms with Gasteiger partial charge in [0.15, 0.2) is 0 Å². The summed E-state index contributed by atoms with van der Waals surface area (Å²) in [6.07, 6.45) is 2.52. The van der Waals surface area contributed by atoms with Crippen LogP contribution in [0.2, 0.25) is 0 Å². The van der Waals surface area contributed by atoms with Gasteiger partial charge in [-0.1, -0.05) is 22.0 Å². The van der Waals surface area contributed by atoms with Crippen molar-refractivity contribution in [1.29, 1.82) is 0 Å². The van der Waals surface area contributed by atoms with E-state index in [1.54, 1.807) is 0 Å². The van der Waals surface area contributed by atoms with E-state index in [1.165, 1.54) is 18.5 Å². The maximum Gasteiger partial charge on any atom is 0.0713 e. The zero-order valence-corrected chi connectivity index (χ0v) is 9.63. The number of nitrogens with zero attached hydrogens (tertiary/aromatic N) is 1. The van der Waals surface area contributed by atoms with Gasteiger partial charge in [0.2, 0.25) is 0 Å². The third-order valence-corrected chi connectivity index (χ3v) is 3.44. The van der Waals surface area contributed by atoms with Gasteiger partial charge in [0.25, 0.3) is 0 Å². The standard InChI is InChI=1S/C11H14BrNO/c12-10-4-3-5-11(9(10)8-14)13-6-1-2-7-13/h3-5,14H,1-2,6-8H2. The molecule has 0 amide bonds. The number of benzene rings is 1. The van der Waals surface area contributed by atoms with E-state index in [9.17, 15) is 5.11 Å². The first-order valence-electron chi connectivity index (χ1n) is 4.96. The Bertz CT molecular complexity index is 321. The van der Waals surface area contributed by atoms with Gasteiger partial charge in [-0.2, -0.15) is 0 Å². The summed E-state index contributed by atoms with van der Waals surface area (Å²) >= 11 is 3.47. The molecule has 0 radical (unpaired) electrons. The molecule has 0 unspecified atom stereocenters. The summed E-state index contributed by atoms with van der Waals surface area (Å²) in [4.78, 5) is 2.34. The second kappa shape index (κ2) is 4.32. The third-order valence-electron chi connectivity index (χ3n) is 2.70. The van der Waals surface area contributed by atoms with Crippen LogP contribution in [0.4, 0.5) is 5.69 Å². The van der Waals surface area contributed by atoms with E-state index in [4.69, 9.17) is 0 Å². The fraction of sp³-hybridized carbons (Fsp3) is 0.455. The zero-order chi connectivity index (χ0) is 9.97. The van der Waals surface area contributed by atoms with Crippen molar-refractivity contribution in [3.63, 3.8) is 0 Å². The molecule has 0 aromatic heterocycles. The van der Waals surface area contributed by atoms with Crippen LogP contribution >= 0.6 is 15.9 Å². The molecule has 0 aliphatic carbocycles. The van der Waals surface area contributed by atoms with Crippen LogP contribution in [0.15, 0.2) is 22.7 Å². The van der Waals surface area contributed by atoms with E-state index >= 15 is 0 Å². The Hall–Kier alpha value is -0.540. The Balaban J connectivity index is 2.35.